The molecule has 120 valence electrons. The van der Waals surface area contributed by atoms with E-state index in [1.165, 1.54) is 6.42 Å². The fourth-order valence-corrected chi connectivity index (χ4v) is 4.19. The van der Waals surface area contributed by atoms with Gasteiger partial charge in [0, 0.05) is 31.5 Å². The van der Waals surface area contributed by atoms with E-state index in [2.05, 4.69) is 19.4 Å². The number of nitrogens with one attached hydrogen (secondary N) is 1. The first-order valence-electron chi connectivity index (χ1n) is 8.14. The van der Waals surface area contributed by atoms with Crippen molar-refractivity contribution in [1.82, 2.24) is 19.4 Å². The van der Waals surface area contributed by atoms with Crippen molar-refractivity contribution in [3.8, 4) is 0 Å². The number of rotatable bonds is 4. The highest BCUT2D eigenvalue weighted by atomic mass is 32.1. The standard InChI is InChI=1S/C17H20N4OS/c22-17(15-11-16-14(19-15)5-10-23-16)21-7-2-1-3-13(21)4-8-20-9-6-18-12-20/h5-6,9-13,19H,1-4,7-8H2/t13-/m0/s1. The van der Waals surface area contributed by atoms with Crippen molar-refractivity contribution < 1.29 is 4.79 Å². The Morgan fingerprint density at radius 2 is 2.39 bits per heavy atom. The largest absolute Gasteiger partial charge is 0.350 e. The molecule has 3 aromatic rings. The Balaban J connectivity index is 1.49. The summed E-state index contributed by atoms with van der Waals surface area (Å²) in [6.45, 7) is 1.77. The number of carbonyl (C=O) groups excluding carboxylic acids is 1. The molecule has 23 heavy (non-hydrogen) atoms. The summed E-state index contributed by atoms with van der Waals surface area (Å²) in [6, 6.07) is 4.34. The summed E-state index contributed by atoms with van der Waals surface area (Å²) >= 11 is 1.67. The van der Waals surface area contributed by atoms with Crippen LogP contribution in [0, 0.1) is 0 Å². The number of hydrogen-bond donors (Lipinski definition) is 1. The van der Waals surface area contributed by atoms with Crippen LogP contribution in [0.2, 0.25) is 0 Å². The zero-order valence-corrected chi connectivity index (χ0v) is 13.8. The number of fused-ring (bicyclic) bond motifs is 1. The van der Waals surface area contributed by atoms with Crippen molar-refractivity contribution >= 4 is 27.5 Å². The van der Waals surface area contributed by atoms with E-state index in [0.29, 0.717) is 6.04 Å². The molecule has 0 aliphatic carbocycles. The maximum atomic E-state index is 12.9. The van der Waals surface area contributed by atoms with E-state index < -0.39 is 0 Å². The van der Waals surface area contributed by atoms with Crippen LogP contribution < -0.4 is 0 Å². The smallest absolute Gasteiger partial charge is 0.270 e. The van der Waals surface area contributed by atoms with E-state index in [-0.39, 0.29) is 5.91 Å². The normalized spacial score (nSPS) is 18.6. The fourth-order valence-electron chi connectivity index (χ4n) is 3.40. The molecule has 1 atom stereocenters. The lowest BCUT2D eigenvalue weighted by Crippen LogP contribution is -2.44. The molecule has 1 amide bonds. The molecule has 0 saturated carbocycles. The number of nitrogens with zero attached hydrogens (tertiary/aromatic N) is 3. The summed E-state index contributed by atoms with van der Waals surface area (Å²) in [5.74, 6) is 0.142. The maximum Gasteiger partial charge on any atom is 0.270 e. The van der Waals surface area contributed by atoms with Crippen LogP contribution in [-0.2, 0) is 6.54 Å². The molecule has 0 bridgehead atoms. The van der Waals surface area contributed by atoms with Gasteiger partial charge in [0.2, 0.25) is 0 Å². The molecule has 4 rings (SSSR count). The molecular weight excluding hydrogens is 308 g/mol. The van der Waals surface area contributed by atoms with Gasteiger partial charge in [-0.3, -0.25) is 4.79 Å². The molecule has 4 heterocycles. The molecule has 1 aliphatic heterocycles. The summed E-state index contributed by atoms with van der Waals surface area (Å²) in [5.41, 5.74) is 1.78. The summed E-state index contributed by atoms with van der Waals surface area (Å²) < 4.78 is 3.24. The highest BCUT2D eigenvalue weighted by Crippen LogP contribution is 2.26. The number of hydrogen-bond acceptors (Lipinski definition) is 3. The second-order valence-electron chi connectivity index (χ2n) is 6.12. The third kappa shape index (κ3) is 2.91. The lowest BCUT2D eigenvalue weighted by Gasteiger charge is -2.35. The number of H-pyrrole nitrogens is 1. The molecule has 0 spiro atoms. The van der Waals surface area contributed by atoms with E-state index in [0.717, 1.165) is 48.3 Å². The minimum Gasteiger partial charge on any atom is -0.350 e. The monoisotopic (exact) mass is 328 g/mol. The van der Waals surface area contributed by atoms with Crippen molar-refractivity contribution in [2.45, 2.75) is 38.3 Å². The van der Waals surface area contributed by atoms with E-state index in [1.807, 2.05) is 30.0 Å². The molecule has 1 N–H and O–H groups in total. The summed E-state index contributed by atoms with van der Waals surface area (Å²) in [4.78, 5) is 22.3. The first-order chi connectivity index (χ1) is 11.3. The predicted octanol–water partition coefficient (Wildman–Crippen LogP) is 3.51. The van der Waals surface area contributed by atoms with Crippen LogP contribution in [-0.4, -0.2) is 37.9 Å². The molecule has 1 saturated heterocycles. The number of aryl methyl sites for hydroxylation is 1. The van der Waals surface area contributed by atoms with Gasteiger partial charge in [-0.15, -0.1) is 11.3 Å². The van der Waals surface area contributed by atoms with Crippen LogP contribution in [0.4, 0.5) is 0 Å². The summed E-state index contributed by atoms with van der Waals surface area (Å²) in [7, 11) is 0. The number of likely N-dealkylation sites (tertiary alicyclic amines) is 1. The fraction of sp³-hybridized carbons (Fsp3) is 0.412. The lowest BCUT2D eigenvalue weighted by atomic mass is 9.99. The van der Waals surface area contributed by atoms with Gasteiger partial charge in [0.25, 0.3) is 5.91 Å². The van der Waals surface area contributed by atoms with Gasteiger partial charge in [-0.05, 0) is 43.2 Å². The predicted molar refractivity (Wildman–Crippen MR) is 91.7 cm³/mol. The van der Waals surface area contributed by atoms with E-state index in [1.54, 1.807) is 17.5 Å². The molecule has 1 fully saturated rings. The van der Waals surface area contributed by atoms with Gasteiger partial charge in [0.05, 0.1) is 16.5 Å². The zero-order chi connectivity index (χ0) is 15.6. The number of amides is 1. The highest BCUT2D eigenvalue weighted by Gasteiger charge is 2.28. The van der Waals surface area contributed by atoms with Crippen LogP contribution in [0.25, 0.3) is 10.2 Å². The van der Waals surface area contributed by atoms with Gasteiger partial charge in [0.15, 0.2) is 0 Å². The first kappa shape index (κ1) is 14.5. The van der Waals surface area contributed by atoms with Gasteiger partial charge in [-0.2, -0.15) is 0 Å². The minimum absolute atomic E-state index is 0.142. The lowest BCUT2D eigenvalue weighted by molar-refractivity contribution is 0.0590. The molecule has 6 heteroatoms. The number of aromatic amines is 1. The van der Waals surface area contributed by atoms with Crippen LogP contribution in [0.3, 0.4) is 0 Å². The topological polar surface area (TPSA) is 53.9 Å². The second kappa shape index (κ2) is 6.20. The molecule has 3 aromatic heterocycles. The van der Waals surface area contributed by atoms with Crippen LogP contribution in [0.5, 0.6) is 0 Å². The third-order valence-electron chi connectivity index (χ3n) is 4.64. The van der Waals surface area contributed by atoms with Gasteiger partial charge in [-0.25, -0.2) is 4.98 Å². The molecule has 0 unspecified atom stereocenters. The number of thiophene rings is 1. The molecular formula is C17H20N4OS. The van der Waals surface area contributed by atoms with Crippen LogP contribution in [0.15, 0.2) is 36.2 Å². The Morgan fingerprint density at radius 3 is 3.22 bits per heavy atom. The zero-order valence-electron chi connectivity index (χ0n) is 12.9. The van der Waals surface area contributed by atoms with Crippen molar-refractivity contribution in [1.29, 1.82) is 0 Å². The van der Waals surface area contributed by atoms with Crippen LogP contribution >= 0.6 is 11.3 Å². The second-order valence-corrected chi connectivity index (χ2v) is 7.07. The van der Waals surface area contributed by atoms with Gasteiger partial charge in [-0.1, -0.05) is 0 Å². The Hall–Kier alpha value is -2.08. The highest BCUT2D eigenvalue weighted by molar-refractivity contribution is 7.17. The van der Waals surface area contributed by atoms with E-state index in [4.69, 9.17) is 0 Å². The van der Waals surface area contributed by atoms with Gasteiger partial charge >= 0.3 is 0 Å². The molecule has 0 aromatic carbocycles. The Kier molecular flexibility index (Phi) is 3.91. The average molecular weight is 328 g/mol. The number of piperidine rings is 1. The molecule has 0 radical (unpaired) electrons. The Labute approximate surface area is 138 Å². The molecule has 1 aliphatic rings. The maximum absolute atomic E-state index is 12.9. The van der Waals surface area contributed by atoms with Gasteiger partial charge < -0.3 is 14.5 Å². The van der Waals surface area contributed by atoms with Crippen molar-refractivity contribution in [2.24, 2.45) is 0 Å². The number of carbonyl (C=O) groups is 1. The van der Waals surface area contributed by atoms with Gasteiger partial charge in [0.1, 0.15) is 5.69 Å². The van der Waals surface area contributed by atoms with E-state index >= 15 is 0 Å². The quantitative estimate of drug-likeness (QED) is 0.797. The SMILES string of the molecule is O=C(c1cc2sccc2[nH]1)N1CCCC[C@H]1CCn1ccnc1. The third-order valence-corrected chi connectivity index (χ3v) is 5.50. The van der Waals surface area contributed by atoms with Crippen LogP contribution in [0.1, 0.15) is 36.2 Å². The van der Waals surface area contributed by atoms with E-state index in [9.17, 15) is 4.79 Å². The summed E-state index contributed by atoms with van der Waals surface area (Å²) in [5, 5.41) is 2.05. The van der Waals surface area contributed by atoms with Crippen molar-refractivity contribution in [2.75, 3.05) is 6.54 Å². The Morgan fingerprint density at radius 1 is 1.43 bits per heavy atom. The van der Waals surface area contributed by atoms with Crippen molar-refractivity contribution in [3.63, 3.8) is 0 Å². The number of aromatic nitrogens is 3. The summed E-state index contributed by atoms with van der Waals surface area (Å²) in [6.07, 6.45) is 10.0. The molecule has 5 nitrogen and oxygen atoms in total. The Bertz CT molecular complexity index is 760. The minimum atomic E-state index is 0.142. The number of imidazole rings is 1. The first-order valence-corrected chi connectivity index (χ1v) is 9.02. The van der Waals surface area contributed by atoms with Crippen molar-refractivity contribution in [3.05, 3.63) is 41.9 Å². The average Bonchev–Trinajstić information content (AvgIpc) is 3.29.